The normalized spacial score (nSPS) is 14.4. The summed E-state index contributed by atoms with van der Waals surface area (Å²) >= 11 is 0. The number of pyridine rings is 2. The number of anilines is 1. The number of rotatable bonds is 7. The van der Waals surface area contributed by atoms with Crippen LogP contribution in [-0.2, 0) is 12.0 Å². The van der Waals surface area contributed by atoms with Gasteiger partial charge in [-0.3, -0.25) is 9.78 Å². The molecule has 3 aromatic rings. The Hall–Kier alpha value is -3.42. The lowest BCUT2D eigenvalue weighted by Crippen LogP contribution is -2.38. The smallest absolute Gasteiger partial charge is 0.255 e. The van der Waals surface area contributed by atoms with Crippen LogP contribution in [0, 0.1) is 5.82 Å². The summed E-state index contributed by atoms with van der Waals surface area (Å²) in [7, 11) is 0. The summed E-state index contributed by atoms with van der Waals surface area (Å²) in [5.74, 6) is -0.333. The first-order chi connectivity index (χ1) is 16.6. The predicted octanol–water partition coefficient (Wildman–Crippen LogP) is 6.02. The van der Waals surface area contributed by atoms with E-state index in [-0.39, 0.29) is 23.8 Å². The van der Waals surface area contributed by atoms with Crippen LogP contribution in [0.25, 0.3) is 11.1 Å². The second-order valence-electron chi connectivity index (χ2n) is 9.87. The summed E-state index contributed by atoms with van der Waals surface area (Å²) in [5.41, 5.74) is 3.61. The van der Waals surface area contributed by atoms with Crippen LogP contribution in [-0.4, -0.2) is 40.2 Å². The molecule has 1 aliphatic heterocycles. The first kappa shape index (κ1) is 24.7. The number of nitrogens with zero attached hydrogens (tertiary/aromatic N) is 3. The van der Waals surface area contributed by atoms with Gasteiger partial charge in [-0.1, -0.05) is 32.9 Å². The van der Waals surface area contributed by atoms with Crippen LogP contribution in [0.5, 0.6) is 0 Å². The summed E-state index contributed by atoms with van der Waals surface area (Å²) in [6.45, 7) is 6.20. The number of hydrogen-bond donors (Lipinski definition) is 1. The standard InChI is InChI=1S/C27H29F3N4O/c1-16(33-25-22-15-34(19(13-28)14-29)26(35)21(22)8-10-32-25)17-5-6-20(23(30)11-17)18-7-9-31-24(12-18)27(2,3)4/h5-12,16,19H,13-15H2,1-4H3,(H,32,33)/t16-/m0/s1. The van der Waals surface area contributed by atoms with Crippen LogP contribution in [0.1, 0.15) is 60.9 Å². The molecule has 8 heteroatoms. The lowest BCUT2D eigenvalue weighted by atomic mass is 9.89. The van der Waals surface area contributed by atoms with Crippen molar-refractivity contribution in [2.45, 2.75) is 51.7 Å². The fourth-order valence-corrected chi connectivity index (χ4v) is 4.21. The van der Waals surface area contributed by atoms with Crippen molar-refractivity contribution in [3.05, 3.63) is 77.0 Å². The maximum absolute atomic E-state index is 15.2. The van der Waals surface area contributed by atoms with Gasteiger partial charge < -0.3 is 10.2 Å². The molecule has 0 saturated heterocycles. The van der Waals surface area contributed by atoms with Crippen LogP contribution in [0.4, 0.5) is 19.0 Å². The number of carbonyl (C=O) groups is 1. The average molecular weight is 483 g/mol. The summed E-state index contributed by atoms with van der Waals surface area (Å²) in [4.78, 5) is 22.6. The molecular formula is C27H29F3N4O. The van der Waals surface area contributed by atoms with Crippen molar-refractivity contribution in [2.75, 3.05) is 18.7 Å². The van der Waals surface area contributed by atoms with Crippen LogP contribution in [0.15, 0.2) is 48.8 Å². The molecular weight excluding hydrogens is 453 g/mol. The predicted molar refractivity (Wildman–Crippen MR) is 130 cm³/mol. The molecule has 1 atom stereocenters. The van der Waals surface area contributed by atoms with E-state index in [2.05, 4.69) is 36.1 Å². The zero-order valence-corrected chi connectivity index (χ0v) is 20.3. The van der Waals surface area contributed by atoms with Gasteiger partial charge in [0.2, 0.25) is 0 Å². The second kappa shape index (κ2) is 9.68. The van der Waals surface area contributed by atoms with Crippen molar-refractivity contribution in [1.29, 1.82) is 0 Å². The Morgan fingerprint density at radius 2 is 1.74 bits per heavy atom. The van der Waals surface area contributed by atoms with Gasteiger partial charge in [0.05, 0.1) is 18.6 Å². The highest BCUT2D eigenvalue weighted by molar-refractivity contribution is 5.99. The van der Waals surface area contributed by atoms with Gasteiger partial charge in [-0.2, -0.15) is 0 Å². The van der Waals surface area contributed by atoms with Crippen molar-refractivity contribution in [2.24, 2.45) is 0 Å². The van der Waals surface area contributed by atoms with Gasteiger partial charge in [-0.05, 0) is 42.3 Å². The molecule has 0 fully saturated rings. The van der Waals surface area contributed by atoms with Gasteiger partial charge in [-0.25, -0.2) is 18.2 Å². The summed E-state index contributed by atoms with van der Waals surface area (Å²) < 4.78 is 41.6. The minimum atomic E-state index is -1.12. The Morgan fingerprint density at radius 3 is 2.40 bits per heavy atom. The largest absolute Gasteiger partial charge is 0.363 e. The zero-order valence-electron chi connectivity index (χ0n) is 20.3. The molecule has 1 N–H and O–H groups in total. The maximum Gasteiger partial charge on any atom is 0.255 e. The van der Waals surface area contributed by atoms with Gasteiger partial charge >= 0.3 is 0 Å². The number of carbonyl (C=O) groups excluding carboxylic acids is 1. The molecule has 0 unspecified atom stereocenters. The second-order valence-corrected chi connectivity index (χ2v) is 9.87. The van der Waals surface area contributed by atoms with E-state index < -0.39 is 25.3 Å². The SMILES string of the molecule is C[C@H](Nc1nccc2c1CN(C(CF)CF)C2=O)c1ccc(-c2ccnc(C(C)(C)C)c2)c(F)c1. The molecule has 1 aromatic carbocycles. The number of halogens is 3. The quantitative estimate of drug-likeness (QED) is 0.448. The van der Waals surface area contributed by atoms with Gasteiger partial charge in [0.1, 0.15) is 25.0 Å². The summed E-state index contributed by atoms with van der Waals surface area (Å²) in [6, 6.07) is 8.86. The van der Waals surface area contributed by atoms with Crippen LogP contribution < -0.4 is 5.32 Å². The number of amides is 1. The van der Waals surface area contributed by atoms with Gasteiger partial charge in [0.25, 0.3) is 5.91 Å². The molecule has 0 aliphatic carbocycles. The van der Waals surface area contributed by atoms with Crippen LogP contribution in [0.3, 0.4) is 0 Å². The van der Waals surface area contributed by atoms with Crippen molar-refractivity contribution in [3.8, 4) is 11.1 Å². The van der Waals surface area contributed by atoms with E-state index in [1.165, 1.54) is 17.2 Å². The molecule has 35 heavy (non-hydrogen) atoms. The third-order valence-corrected chi connectivity index (χ3v) is 6.36. The number of aromatic nitrogens is 2. The van der Waals surface area contributed by atoms with Gasteiger partial charge in [0, 0.05) is 40.2 Å². The number of benzene rings is 1. The van der Waals surface area contributed by atoms with E-state index in [1.54, 1.807) is 24.4 Å². The molecule has 0 bridgehead atoms. The van der Waals surface area contributed by atoms with Crippen LogP contribution in [0.2, 0.25) is 0 Å². The van der Waals surface area contributed by atoms with Crippen molar-refractivity contribution < 1.29 is 18.0 Å². The van der Waals surface area contributed by atoms with Gasteiger partial charge in [-0.15, -0.1) is 0 Å². The van der Waals surface area contributed by atoms with E-state index in [4.69, 9.17) is 0 Å². The minimum absolute atomic E-state index is 0.0705. The molecule has 0 spiro atoms. The topological polar surface area (TPSA) is 58.1 Å². The lowest BCUT2D eigenvalue weighted by Gasteiger charge is -2.22. The van der Waals surface area contributed by atoms with E-state index in [1.807, 2.05) is 19.1 Å². The molecule has 0 saturated carbocycles. The van der Waals surface area contributed by atoms with Gasteiger partial charge in [0.15, 0.2) is 0 Å². The lowest BCUT2D eigenvalue weighted by molar-refractivity contribution is 0.0638. The Morgan fingerprint density at radius 1 is 1.03 bits per heavy atom. The van der Waals surface area contributed by atoms with Crippen molar-refractivity contribution in [1.82, 2.24) is 14.9 Å². The van der Waals surface area contributed by atoms with Crippen LogP contribution >= 0.6 is 0 Å². The monoisotopic (exact) mass is 482 g/mol. The first-order valence-electron chi connectivity index (χ1n) is 11.6. The molecule has 2 aromatic heterocycles. The molecule has 3 heterocycles. The number of alkyl halides is 2. The summed E-state index contributed by atoms with van der Waals surface area (Å²) in [6.07, 6.45) is 3.17. The highest BCUT2D eigenvalue weighted by Gasteiger charge is 2.35. The molecule has 0 radical (unpaired) electrons. The fraction of sp³-hybridized carbons (Fsp3) is 0.370. The Bertz CT molecular complexity index is 1240. The van der Waals surface area contributed by atoms with E-state index in [9.17, 15) is 13.6 Å². The molecule has 4 rings (SSSR count). The Kier molecular flexibility index (Phi) is 6.83. The number of nitrogens with one attached hydrogen (secondary N) is 1. The molecule has 1 amide bonds. The van der Waals surface area contributed by atoms with E-state index >= 15 is 4.39 Å². The minimum Gasteiger partial charge on any atom is -0.363 e. The zero-order chi connectivity index (χ0) is 25.3. The highest BCUT2D eigenvalue weighted by Crippen LogP contribution is 2.33. The van der Waals surface area contributed by atoms with Crippen molar-refractivity contribution in [3.63, 3.8) is 0 Å². The Balaban J connectivity index is 1.57. The number of fused-ring (bicyclic) bond motifs is 1. The third-order valence-electron chi connectivity index (χ3n) is 6.36. The third kappa shape index (κ3) is 4.88. The summed E-state index contributed by atoms with van der Waals surface area (Å²) in [5, 5.41) is 3.24. The highest BCUT2D eigenvalue weighted by atomic mass is 19.1. The fourth-order valence-electron chi connectivity index (χ4n) is 4.21. The molecule has 184 valence electrons. The maximum atomic E-state index is 15.2. The first-order valence-corrected chi connectivity index (χ1v) is 11.6. The van der Waals surface area contributed by atoms with E-state index in [0.717, 1.165) is 11.3 Å². The van der Waals surface area contributed by atoms with E-state index in [0.29, 0.717) is 28.1 Å². The Labute approximate surface area is 203 Å². The molecule has 1 aliphatic rings. The average Bonchev–Trinajstić information content (AvgIpc) is 3.17. The molecule has 5 nitrogen and oxygen atoms in total. The van der Waals surface area contributed by atoms with Crippen molar-refractivity contribution >= 4 is 11.7 Å². The number of hydrogen-bond acceptors (Lipinski definition) is 4.